The maximum absolute atomic E-state index is 11.9. The van der Waals surface area contributed by atoms with Gasteiger partial charge in [0, 0.05) is 6.54 Å². The summed E-state index contributed by atoms with van der Waals surface area (Å²) in [6.07, 6.45) is 3.26. The highest BCUT2D eigenvalue weighted by Crippen LogP contribution is 2.19. The van der Waals surface area contributed by atoms with Gasteiger partial charge in [0.25, 0.3) is 0 Å². The Hall–Kier alpha value is -2.02. The van der Waals surface area contributed by atoms with Gasteiger partial charge in [-0.15, -0.1) is 0 Å². The van der Waals surface area contributed by atoms with Crippen molar-refractivity contribution in [1.82, 2.24) is 5.32 Å². The zero-order valence-corrected chi connectivity index (χ0v) is 12.5. The number of rotatable bonds is 7. The largest absolute Gasteiger partial charge is 0.373 e. The molecule has 0 aromatic heterocycles. The van der Waals surface area contributed by atoms with Crippen LogP contribution in [0.1, 0.15) is 44.2 Å². The molecule has 0 bridgehead atoms. The van der Waals surface area contributed by atoms with Gasteiger partial charge in [0.15, 0.2) is 0 Å². The number of carbonyl (C=O) groups excluding carboxylic acids is 1. The minimum Gasteiger partial charge on any atom is -0.373 e. The minimum absolute atomic E-state index is 0.0356. The van der Waals surface area contributed by atoms with E-state index in [1.807, 2.05) is 25.1 Å². The molecule has 1 amide bonds. The molecule has 0 spiro atoms. The average molecular weight is 273 g/mol. The van der Waals surface area contributed by atoms with E-state index in [4.69, 9.17) is 5.26 Å². The Kier molecular flexibility index (Phi) is 6.58. The van der Waals surface area contributed by atoms with Crippen molar-refractivity contribution in [2.24, 2.45) is 0 Å². The second-order valence-corrected chi connectivity index (χ2v) is 4.97. The van der Waals surface area contributed by atoms with Crippen molar-refractivity contribution in [3.8, 4) is 6.07 Å². The Morgan fingerprint density at radius 1 is 1.40 bits per heavy atom. The third kappa shape index (κ3) is 4.58. The fourth-order valence-corrected chi connectivity index (χ4v) is 1.97. The van der Waals surface area contributed by atoms with E-state index >= 15 is 0 Å². The van der Waals surface area contributed by atoms with Crippen molar-refractivity contribution < 1.29 is 4.79 Å². The van der Waals surface area contributed by atoms with Gasteiger partial charge in [0.1, 0.15) is 12.1 Å². The molecule has 4 heteroatoms. The summed E-state index contributed by atoms with van der Waals surface area (Å²) in [5.41, 5.74) is 2.22. The molecule has 4 nitrogen and oxygen atoms in total. The summed E-state index contributed by atoms with van der Waals surface area (Å²) in [6, 6.07) is 7.41. The van der Waals surface area contributed by atoms with E-state index in [2.05, 4.69) is 23.6 Å². The summed E-state index contributed by atoms with van der Waals surface area (Å²) >= 11 is 0. The van der Waals surface area contributed by atoms with Gasteiger partial charge in [-0.1, -0.05) is 31.9 Å². The molecule has 0 radical (unpaired) electrons. The van der Waals surface area contributed by atoms with Crippen LogP contribution in [0.25, 0.3) is 0 Å². The smallest absolute Gasteiger partial charge is 0.242 e. The first-order valence-electron chi connectivity index (χ1n) is 7.14. The number of amides is 1. The van der Waals surface area contributed by atoms with Crippen LogP contribution in [0.3, 0.4) is 0 Å². The first-order chi connectivity index (χ1) is 9.60. The monoisotopic (exact) mass is 273 g/mol. The van der Waals surface area contributed by atoms with Gasteiger partial charge in [0.05, 0.1) is 11.3 Å². The van der Waals surface area contributed by atoms with E-state index in [0.717, 1.165) is 24.8 Å². The number of nitriles is 1. The van der Waals surface area contributed by atoms with Crippen LogP contribution in [0.4, 0.5) is 5.69 Å². The maximum Gasteiger partial charge on any atom is 0.242 e. The lowest BCUT2D eigenvalue weighted by Gasteiger charge is -2.16. The second kappa shape index (κ2) is 8.21. The summed E-state index contributed by atoms with van der Waals surface area (Å²) in [5, 5.41) is 15.2. The molecular formula is C16H23N3O. The van der Waals surface area contributed by atoms with Crippen LogP contribution in [0.15, 0.2) is 18.2 Å². The summed E-state index contributed by atoms with van der Waals surface area (Å²) in [6.45, 7) is 6.53. The van der Waals surface area contributed by atoms with Crippen molar-refractivity contribution in [3.05, 3.63) is 29.3 Å². The second-order valence-electron chi connectivity index (χ2n) is 4.97. The number of anilines is 1. The van der Waals surface area contributed by atoms with Crippen LogP contribution in [-0.4, -0.2) is 18.5 Å². The first kappa shape index (κ1) is 16.0. The van der Waals surface area contributed by atoms with Gasteiger partial charge in [-0.2, -0.15) is 5.26 Å². The number of aryl methyl sites for hydroxylation is 1. The molecule has 2 N–H and O–H groups in total. The normalized spacial score (nSPS) is 11.5. The van der Waals surface area contributed by atoms with E-state index in [9.17, 15) is 4.79 Å². The lowest BCUT2D eigenvalue weighted by Crippen LogP contribution is -2.38. The van der Waals surface area contributed by atoms with E-state index in [-0.39, 0.29) is 11.9 Å². The molecule has 20 heavy (non-hydrogen) atoms. The van der Waals surface area contributed by atoms with Gasteiger partial charge in [0.2, 0.25) is 5.91 Å². The molecule has 0 aliphatic carbocycles. The maximum atomic E-state index is 11.9. The molecule has 0 saturated carbocycles. The summed E-state index contributed by atoms with van der Waals surface area (Å²) in [4.78, 5) is 11.9. The lowest BCUT2D eigenvalue weighted by atomic mass is 10.1. The van der Waals surface area contributed by atoms with Gasteiger partial charge in [-0.25, -0.2) is 0 Å². The highest BCUT2D eigenvalue weighted by atomic mass is 16.2. The molecule has 1 atom stereocenters. The Morgan fingerprint density at radius 2 is 2.15 bits per heavy atom. The predicted octanol–water partition coefficient (Wildman–Crippen LogP) is 2.97. The SMILES string of the molecule is CCCCCNC(=O)C(C)Nc1cccc(C)c1C#N. The number of carbonyl (C=O) groups is 1. The highest BCUT2D eigenvalue weighted by molar-refractivity contribution is 5.84. The van der Waals surface area contributed by atoms with Crippen molar-refractivity contribution in [2.75, 3.05) is 11.9 Å². The molecule has 108 valence electrons. The van der Waals surface area contributed by atoms with E-state index < -0.39 is 0 Å². The molecule has 1 rings (SSSR count). The fourth-order valence-electron chi connectivity index (χ4n) is 1.97. The summed E-state index contributed by atoms with van der Waals surface area (Å²) < 4.78 is 0. The van der Waals surface area contributed by atoms with Crippen LogP contribution < -0.4 is 10.6 Å². The Morgan fingerprint density at radius 3 is 2.80 bits per heavy atom. The fraction of sp³-hybridized carbons (Fsp3) is 0.500. The van der Waals surface area contributed by atoms with Crippen LogP contribution in [-0.2, 0) is 4.79 Å². The molecular weight excluding hydrogens is 250 g/mol. The molecule has 0 saturated heterocycles. The third-order valence-electron chi connectivity index (χ3n) is 3.23. The van der Waals surface area contributed by atoms with E-state index in [0.29, 0.717) is 17.8 Å². The molecule has 1 aromatic carbocycles. The van der Waals surface area contributed by atoms with Gasteiger partial charge < -0.3 is 10.6 Å². The van der Waals surface area contributed by atoms with E-state index in [1.54, 1.807) is 6.92 Å². The Labute approximate surface area is 121 Å². The zero-order chi connectivity index (χ0) is 15.0. The van der Waals surface area contributed by atoms with Crippen LogP contribution >= 0.6 is 0 Å². The summed E-state index contributed by atoms with van der Waals surface area (Å²) in [5.74, 6) is -0.0356. The Balaban J connectivity index is 2.58. The van der Waals surface area contributed by atoms with Crippen LogP contribution in [0.5, 0.6) is 0 Å². The Bertz CT molecular complexity index is 491. The van der Waals surface area contributed by atoms with Gasteiger partial charge in [-0.3, -0.25) is 4.79 Å². The van der Waals surface area contributed by atoms with Crippen LogP contribution in [0, 0.1) is 18.3 Å². The topological polar surface area (TPSA) is 64.9 Å². The minimum atomic E-state index is -0.356. The van der Waals surface area contributed by atoms with Crippen LogP contribution in [0.2, 0.25) is 0 Å². The third-order valence-corrected chi connectivity index (χ3v) is 3.23. The number of hydrogen-bond acceptors (Lipinski definition) is 3. The predicted molar refractivity (Wildman–Crippen MR) is 81.5 cm³/mol. The number of benzene rings is 1. The van der Waals surface area contributed by atoms with Gasteiger partial charge in [-0.05, 0) is 31.9 Å². The summed E-state index contributed by atoms with van der Waals surface area (Å²) in [7, 11) is 0. The molecule has 1 aromatic rings. The average Bonchev–Trinajstić information content (AvgIpc) is 2.43. The molecule has 0 aliphatic rings. The number of nitrogens with zero attached hydrogens (tertiary/aromatic N) is 1. The quantitative estimate of drug-likeness (QED) is 0.751. The van der Waals surface area contributed by atoms with Crippen molar-refractivity contribution in [1.29, 1.82) is 5.26 Å². The lowest BCUT2D eigenvalue weighted by molar-refractivity contribution is -0.121. The molecule has 0 fully saturated rings. The van der Waals surface area contributed by atoms with E-state index in [1.165, 1.54) is 0 Å². The molecule has 1 unspecified atom stereocenters. The van der Waals surface area contributed by atoms with Gasteiger partial charge >= 0.3 is 0 Å². The van der Waals surface area contributed by atoms with Crippen molar-refractivity contribution in [2.45, 2.75) is 46.1 Å². The number of hydrogen-bond donors (Lipinski definition) is 2. The highest BCUT2D eigenvalue weighted by Gasteiger charge is 2.14. The van der Waals surface area contributed by atoms with Crippen molar-refractivity contribution >= 4 is 11.6 Å². The number of unbranched alkanes of at least 4 members (excludes halogenated alkanes) is 2. The number of nitrogens with one attached hydrogen (secondary N) is 2. The molecule has 0 aliphatic heterocycles. The molecule has 0 heterocycles. The zero-order valence-electron chi connectivity index (χ0n) is 12.5. The van der Waals surface area contributed by atoms with Crippen molar-refractivity contribution in [3.63, 3.8) is 0 Å². The standard InChI is InChI=1S/C16H23N3O/c1-4-5-6-10-18-16(20)13(3)19-15-9-7-8-12(2)14(15)11-17/h7-9,13,19H,4-6,10H2,1-3H3,(H,18,20). The first-order valence-corrected chi connectivity index (χ1v) is 7.14.